The van der Waals surface area contributed by atoms with E-state index >= 15 is 0 Å². The molecule has 0 heterocycles. The van der Waals surface area contributed by atoms with Gasteiger partial charge in [-0.1, -0.05) is 44.2 Å². The van der Waals surface area contributed by atoms with Crippen LogP contribution in [0.5, 0.6) is 0 Å². The first-order chi connectivity index (χ1) is 8.37. The summed E-state index contributed by atoms with van der Waals surface area (Å²) in [5, 5.41) is 22.7. The summed E-state index contributed by atoms with van der Waals surface area (Å²) < 4.78 is 0. The Morgan fingerprint density at radius 1 is 1.06 bits per heavy atom. The predicted molar refractivity (Wildman–Crippen MR) is 74.4 cm³/mol. The fourth-order valence-corrected chi connectivity index (χ4v) is 1.93. The third-order valence-corrected chi connectivity index (χ3v) is 3.26. The molecule has 3 nitrogen and oxygen atoms in total. The second kappa shape index (κ2) is 6.32. The molecule has 102 valence electrons. The van der Waals surface area contributed by atoms with Gasteiger partial charge in [0.05, 0.1) is 5.60 Å². The predicted octanol–water partition coefficient (Wildman–Crippen LogP) is 1.89. The van der Waals surface area contributed by atoms with Crippen molar-refractivity contribution in [3.05, 3.63) is 35.9 Å². The summed E-state index contributed by atoms with van der Waals surface area (Å²) in [4.78, 5) is 0. The molecule has 0 radical (unpaired) electrons. The summed E-state index contributed by atoms with van der Waals surface area (Å²) in [5.74, 6) is 0. The van der Waals surface area contributed by atoms with Gasteiger partial charge in [-0.25, -0.2) is 0 Å². The molecule has 1 unspecified atom stereocenters. The highest BCUT2D eigenvalue weighted by Gasteiger charge is 2.24. The average molecular weight is 251 g/mol. The van der Waals surface area contributed by atoms with Crippen molar-refractivity contribution in [1.29, 1.82) is 0 Å². The molecule has 0 aliphatic rings. The minimum Gasteiger partial charge on any atom is -0.396 e. The normalized spacial score (nSPS) is 15.4. The number of aliphatic hydroxyl groups is 2. The standard InChI is InChI=1S/C15H25NO2/c1-14(2,9-10-17)11-16-12-15(3,18)13-7-5-4-6-8-13/h4-8,16-18H,9-12H2,1-3H3. The lowest BCUT2D eigenvalue weighted by atomic mass is 9.89. The molecule has 1 atom stereocenters. The number of nitrogens with one attached hydrogen (secondary N) is 1. The van der Waals surface area contributed by atoms with Crippen LogP contribution >= 0.6 is 0 Å². The number of hydrogen-bond acceptors (Lipinski definition) is 3. The lowest BCUT2D eigenvalue weighted by Crippen LogP contribution is -2.40. The Kier molecular flexibility index (Phi) is 5.32. The zero-order valence-corrected chi connectivity index (χ0v) is 11.6. The Morgan fingerprint density at radius 3 is 2.22 bits per heavy atom. The van der Waals surface area contributed by atoms with Gasteiger partial charge in [-0.15, -0.1) is 0 Å². The van der Waals surface area contributed by atoms with Gasteiger partial charge in [0.1, 0.15) is 0 Å². The molecule has 0 fully saturated rings. The lowest BCUT2D eigenvalue weighted by molar-refractivity contribution is 0.0535. The monoisotopic (exact) mass is 251 g/mol. The first-order valence-electron chi connectivity index (χ1n) is 6.47. The summed E-state index contributed by atoms with van der Waals surface area (Å²) >= 11 is 0. The largest absolute Gasteiger partial charge is 0.396 e. The van der Waals surface area contributed by atoms with Crippen LogP contribution in [0.2, 0.25) is 0 Å². The molecule has 0 aromatic heterocycles. The Labute approximate surface area is 110 Å². The van der Waals surface area contributed by atoms with Gasteiger partial charge in [0.15, 0.2) is 0 Å². The van der Waals surface area contributed by atoms with Gasteiger partial charge in [0.2, 0.25) is 0 Å². The highest BCUT2D eigenvalue weighted by molar-refractivity contribution is 5.21. The number of aliphatic hydroxyl groups excluding tert-OH is 1. The molecular formula is C15H25NO2. The van der Waals surface area contributed by atoms with Crippen LogP contribution in [0, 0.1) is 5.41 Å². The van der Waals surface area contributed by atoms with Crippen LogP contribution < -0.4 is 5.32 Å². The van der Waals surface area contributed by atoms with Gasteiger partial charge in [-0.2, -0.15) is 0 Å². The van der Waals surface area contributed by atoms with Gasteiger partial charge in [0, 0.05) is 19.7 Å². The molecule has 0 spiro atoms. The zero-order chi connectivity index (χ0) is 13.6. The molecular weight excluding hydrogens is 226 g/mol. The smallest absolute Gasteiger partial charge is 0.0992 e. The molecule has 1 aromatic rings. The van der Waals surface area contributed by atoms with E-state index in [0.717, 1.165) is 18.5 Å². The second-order valence-corrected chi connectivity index (χ2v) is 5.88. The van der Waals surface area contributed by atoms with Gasteiger partial charge in [-0.3, -0.25) is 0 Å². The van der Waals surface area contributed by atoms with Crippen LogP contribution in [-0.2, 0) is 5.60 Å². The topological polar surface area (TPSA) is 52.5 Å². The average Bonchev–Trinajstić information content (AvgIpc) is 2.29. The summed E-state index contributed by atoms with van der Waals surface area (Å²) in [6.45, 7) is 7.50. The van der Waals surface area contributed by atoms with E-state index in [1.54, 1.807) is 0 Å². The maximum absolute atomic E-state index is 10.4. The summed E-state index contributed by atoms with van der Waals surface area (Å²) in [6.07, 6.45) is 0.757. The number of benzene rings is 1. The first-order valence-corrected chi connectivity index (χ1v) is 6.47. The molecule has 3 N–H and O–H groups in total. The van der Waals surface area contributed by atoms with Gasteiger partial charge in [-0.05, 0) is 24.3 Å². The van der Waals surface area contributed by atoms with Crippen LogP contribution in [0.15, 0.2) is 30.3 Å². The summed E-state index contributed by atoms with van der Waals surface area (Å²) in [5.41, 5.74) is 0.0930. The van der Waals surface area contributed by atoms with E-state index in [1.807, 2.05) is 37.3 Å². The quantitative estimate of drug-likeness (QED) is 0.693. The van der Waals surface area contributed by atoms with E-state index in [2.05, 4.69) is 19.2 Å². The molecule has 1 aromatic carbocycles. The van der Waals surface area contributed by atoms with Crippen LogP contribution in [-0.4, -0.2) is 29.9 Å². The van der Waals surface area contributed by atoms with Crippen molar-refractivity contribution in [3.63, 3.8) is 0 Å². The minimum atomic E-state index is -0.865. The molecule has 0 aliphatic carbocycles. The molecule has 3 heteroatoms. The van der Waals surface area contributed by atoms with Crippen LogP contribution in [0.25, 0.3) is 0 Å². The van der Waals surface area contributed by atoms with E-state index in [4.69, 9.17) is 5.11 Å². The van der Waals surface area contributed by atoms with Gasteiger partial charge < -0.3 is 15.5 Å². The van der Waals surface area contributed by atoms with Crippen molar-refractivity contribution >= 4 is 0 Å². The van der Waals surface area contributed by atoms with E-state index in [1.165, 1.54) is 0 Å². The van der Waals surface area contributed by atoms with Crippen molar-refractivity contribution in [2.45, 2.75) is 32.8 Å². The summed E-state index contributed by atoms with van der Waals surface area (Å²) in [6, 6.07) is 9.66. The molecule has 0 saturated carbocycles. The Balaban J connectivity index is 2.48. The lowest BCUT2D eigenvalue weighted by Gasteiger charge is -2.29. The van der Waals surface area contributed by atoms with Crippen molar-refractivity contribution in [3.8, 4) is 0 Å². The third-order valence-electron chi connectivity index (χ3n) is 3.26. The highest BCUT2D eigenvalue weighted by Crippen LogP contribution is 2.21. The van der Waals surface area contributed by atoms with Crippen LogP contribution in [0.1, 0.15) is 32.8 Å². The number of hydrogen-bond donors (Lipinski definition) is 3. The van der Waals surface area contributed by atoms with E-state index in [9.17, 15) is 5.11 Å². The van der Waals surface area contributed by atoms with Crippen molar-refractivity contribution in [2.24, 2.45) is 5.41 Å². The third kappa shape index (κ3) is 4.77. The van der Waals surface area contributed by atoms with Gasteiger partial charge >= 0.3 is 0 Å². The Morgan fingerprint density at radius 2 is 1.67 bits per heavy atom. The Bertz CT molecular complexity index is 347. The van der Waals surface area contributed by atoms with E-state index < -0.39 is 5.60 Å². The van der Waals surface area contributed by atoms with Crippen molar-refractivity contribution in [1.82, 2.24) is 5.32 Å². The molecule has 0 bridgehead atoms. The maximum atomic E-state index is 10.4. The molecule has 1 rings (SSSR count). The molecule has 0 saturated heterocycles. The van der Waals surface area contributed by atoms with E-state index in [-0.39, 0.29) is 12.0 Å². The fraction of sp³-hybridized carbons (Fsp3) is 0.600. The summed E-state index contributed by atoms with van der Waals surface area (Å²) in [7, 11) is 0. The fourth-order valence-electron chi connectivity index (χ4n) is 1.93. The van der Waals surface area contributed by atoms with Crippen molar-refractivity contribution < 1.29 is 10.2 Å². The van der Waals surface area contributed by atoms with Crippen LogP contribution in [0.4, 0.5) is 0 Å². The highest BCUT2D eigenvalue weighted by atomic mass is 16.3. The van der Waals surface area contributed by atoms with Crippen molar-refractivity contribution in [2.75, 3.05) is 19.7 Å². The van der Waals surface area contributed by atoms with Gasteiger partial charge in [0.25, 0.3) is 0 Å². The SMILES string of the molecule is CC(C)(CCO)CNCC(C)(O)c1ccccc1. The molecule has 0 aliphatic heterocycles. The molecule has 18 heavy (non-hydrogen) atoms. The number of rotatable bonds is 7. The first kappa shape index (κ1) is 15.2. The zero-order valence-electron chi connectivity index (χ0n) is 11.6. The Hall–Kier alpha value is -0.900. The minimum absolute atomic E-state index is 0.0432. The van der Waals surface area contributed by atoms with E-state index in [0.29, 0.717) is 6.54 Å². The molecule has 0 amide bonds. The van der Waals surface area contributed by atoms with Crippen LogP contribution in [0.3, 0.4) is 0 Å². The second-order valence-electron chi connectivity index (χ2n) is 5.88. The maximum Gasteiger partial charge on any atom is 0.0992 e.